The van der Waals surface area contributed by atoms with Crippen LogP contribution in [0.1, 0.15) is 45.7 Å². The Labute approximate surface area is 177 Å². The van der Waals surface area contributed by atoms with Gasteiger partial charge in [0.2, 0.25) is 0 Å². The Kier molecular flexibility index (Phi) is 6.72. The Morgan fingerprint density at radius 1 is 0.933 bits per heavy atom. The summed E-state index contributed by atoms with van der Waals surface area (Å²) in [7, 11) is 2.94. The normalized spacial score (nSPS) is 10.8. The number of nitrogens with one attached hydrogen (secondary N) is 1. The maximum atomic E-state index is 12.5. The van der Waals surface area contributed by atoms with E-state index in [2.05, 4.69) is 19.2 Å². The SMILES string of the molecule is COC(=O)c1ccc(Cc2cccc3ccc(C(=O)NCC(C)C)cc23)c(OC)c1. The van der Waals surface area contributed by atoms with Crippen molar-refractivity contribution >= 4 is 22.6 Å². The molecule has 0 saturated heterocycles. The lowest BCUT2D eigenvalue weighted by Gasteiger charge is -2.13. The fraction of sp³-hybridized carbons (Fsp3) is 0.280. The van der Waals surface area contributed by atoms with Gasteiger partial charge in [-0.2, -0.15) is 0 Å². The summed E-state index contributed by atoms with van der Waals surface area (Å²) >= 11 is 0. The maximum absolute atomic E-state index is 12.5. The van der Waals surface area contributed by atoms with Crippen molar-refractivity contribution in [1.29, 1.82) is 0 Å². The molecule has 0 unspecified atom stereocenters. The Morgan fingerprint density at radius 3 is 2.40 bits per heavy atom. The first-order valence-corrected chi connectivity index (χ1v) is 9.98. The molecule has 0 fully saturated rings. The first-order chi connectivity index (χ1) is 14.4. The third-order valence-electron chi connectivity index (χ3n) is 4.99. The number of carbonyl (C=O) groups excluding carboxylic acids is 2. The molecule has 0 radical (unpaired) electrons. The van der Waals surface area contributed by atoms with Gasteiger partial charge in [0.05, 0.1) is 19.8 Å². The smallest absolute Gasteiger partial charge is 0.337 e. The van der Waals surface area contributed by atoms with E-state index in [1.54, 1.807) is 19.2 Å². The number of esters is 1. The Balaban J connectivity index is 1.95. The third kappa shape index (κ3) is 4.79. The van der Waals surface area contributed by atoms with Crippen molar-refractivity contribution in [3.05, 3.63) is 76.9 Å². The van der Waals surface area contributed by atoms with Crippen molar-refractivity contribution in [3.63, 3.8) is 0 Å². The number of benzene rings is 3. The number of carbonyl (C=O) groups is 2. The van der Waals surface area contributed by atoms with Gasteiger partial charge in [-0.3, -0.25) is 4.79 Å². The van der Waals surface area contributed by atoms with Crippen LogP contribution in [-0.4, -0.2) is 32.6 Å². The van der Waals surface area contributed by atoms with E-state index in [0.29, 0.717) is 35.8 Å². The van der Waals surface area contributed by atoms with Crippen molar-refractivity contribution in [1.82, 2.24) is 5.32 Å². The molecule has 1 amide bonds. The fourth-order valence-corrected chi connectivity index (χ4v) is 3.37. The topological polar surface area (TPSA) is 64.6 Å². The van der Waals surface area contributed by atoms with Gasteiger partial charge in [-0.05, 0) is 52.1 Å². The van der Waals surface area contributed by atoms with Crippen LogP contribution in [0.3, 0.4) is 0 Å². The van der Waals surface area contributed by atoms with Gasteiger partial charge < -0.3 is 14.8 Å². The molecule has 0 bridgehead atoms. The minimum Gasteiger partial charge on any atom is -0.496 e. The van der Waals surface area contributed by atoms with Crippen LogP contribution in [0.25, 0.3) is 10.8 Å². The molecule has 3 rings (SSSR count). The number of hydrogen-bond acceptors (Lipinski definition) is 4. The van der Waals surface area contributed by atoms with Crippen molar-refractivity contribution in [3.8, 4) is 5.75 Å². The first kappa shape index (κ1) is 21.4. The zero-order chi connectivity index (χ0) is 21.7. The predicted molar refractivity (Wildman–Crippen MR) is 118 cm³/mol. The van der Waals surface area contributed by atoms with Crippen LogP contribution in [0.2, 0.25) is 0 Å². The second kappa shape index (κ2) is 9.44. The summed E-state index contributed by atoms with van der Waals surface area (Å²) in [4.78, 5) is 24.3. The van der Waals surface area contributed by atoms with Crippen molar-refractivity contribution < 1.29 is 19.1 Å². The van der Waals surface area contributed by atoms with Crippen LogP contribution < -0.4 is 10.1 Å². The lowest BCUT2D eigenvalue weighted by atomic mass is 9.96. The number of methoxy groups -OCH3 is 2. The molecule has 3 aromatic carbocycles. The zero-order valence-electron chi connectivity index (χ0n) is 17.8. The number of rotatable bonds is 7. The van der Waals surface area contributed by atoms with Crippen LogP contribution in [0.5, 0.6) is 5.75 Å². The van der Waals surface area contributed by atoms with Crippen molar-refractivity contribution in [2.45, 2.75) is 20.3 Å². The predicted octanol–water partition coefficient (Wildman–Crippen LogP) is 4.61. The summed E-state index contributed by atoms with van der Waals surface area (Å²) in [5, 5.41) is 5.06. The van der Waals surface area contributed by atoms with E-state index in [0.717, 1.165) is 21.9 Å². The third-order valence-corrected chi connectivity index (χ3v) is 4.99. The highest BCUT2D eigenvalue weighted by Gasteiger charge is 2.13. The van der Waals surface area contributed by atoms with Gasteiger partial charge in [0.1, 0.15) is 5.75 Å². The fourth-order valence-electron chi connectivity index (χ4n) is 3.37. The lowest BCUT2D eigenvalue weighted by Crippen LogP contribution is -2.27. The molecular formula is C25H27NO4. The standard InChI is InChI=1S/C25H27NO4/c1-16(2)15-26-24(27)20-10-8-17-6-5-7-18(22(17)13-20)12-19-9-11-21(25(28)30-4)14-23(19)29-3/h5-11,13-14,16H,12,15H2,1-4H3,(H,26,27). The van der Waals surface area contributed by atoms with E-state index in [1.165, 1.54) is 7.11 Å². The van der Waals surface area contributed by atoms with Gasteiger partial charge in [-0.1, -0.05) is 44.2 Å². The highest BCUT2D eigenvalue weighted by Crippen LogP contribution is 2.28. The number of amides is 1. The van der Waals surface area contributed by atoms with Crippen LogP contribution >= 0.6 is 0 Å². The lowest BCUT2D eigenvalue weighted by molar-refractivity contribution is 0.0600. The number of hydrogen-bond donors (Lipinski definition) is 1. The molecule has 0 aromatic heterocycles. The average Bonchev–Trinajstić information content (AvgIpc) is 2.77. The molecule has 0 aliphatic rings. The molecule has 0 atom stereocenters. The van der Waals surface area contributed by atoms with Gasteiger partial charge in [0.25, 0.3) is 5.91 Å². The van der Waals surface area contributed by atoms with Gasteiger partial charge in [0.15, 0.2) is 0 Å². The van der Waals surface area contributed by atoms with Crippen LogP contribution in [-0.2, 0) is 11.2 Å². The van der Waals surface area contributed by atoms with E-state index in [9.17, 15) is 9.59 Å². The summed E-state index contributed by atoms with van der Waals surface area (Å²) < 4.78 is 10.3. The highest BCUT2D eigenvalue weighted by molar-refractivity contribution is 5.99. The monoisotopic (exact) mass is 405 g/mol. The zero-order valence-corrected chi connectivity index (χ0v) is 17.8. The van der Waals surface area contributed by atoms with Crippen LogP contribution in [0.4, 0.5) is 0 Å². The average molecular weight is 405 g/mol. The summed E-state index contributed by atoms with van der Waals surface area (Å²) in [5.41, 5.74) is 3.12. The number of ether oxygens (including phenoxy) is 2. The second-order valence-corrected chi connectivity index (χ2v) is 7.65. The molecule has 156 valence electrons. The van der Waals surface area contributed by atoms with Crippen molar-refractivity contribution in [2.24, 2.45) is 5.92 Å². The number of fused-ring (bicyclic) bond motifs is 1. The van der Waals surface area contributed by atoms with Gasteiger partial charge >= 0.3 is 5.97 Å². The molecule has 5 nitrogen and oxygen atoms in total. The van der Waals surface area contributed by atoms with E-state index in [4.69, 9.17) is 9.47 Å². The molecule has 0 aliphatic heterocycles. The molecule has 1 N–H and O–H groups in total. The van der Waals surface area contributed by atoms with Gasteiger partial charge in [-0.25, -0.2) is 4.79 Å². The van der Waals surface area contributed by atoms with E-state index >= 15 is 0 Å². The molecule has 3 aromatic rings. The quantitative estimate of drug-likeness (QED) is 0.583. The maximum Gasteiger partial charge on any atom is 0.337 e. The highest BCUT2D eigenvalue weighted by atomic mass is 16.5. The molecule has 0 heterocycles. The Bertz CT molecular complexity index is 1070. The van der Waals surface area contributed by atoms with Gasteiger partial charge in [0, 0.05) is 18.5 Å². The summed E-state index contributed by atoms with van der Waals surface area (Å²) in [6.45, 7) is 4.78. The molecule has 0 spiro atoms. The van der Waals surface area contributed by atoms with Crippen LogP contribution in [0.15, 0.2) is 54.6 Å². The van der Waals surface area contributed by atoms with Crippen LogP contribution in [0, 0.1) is 5.92 Å². The summed E-state index contributed by atoms with van der Waals surface area (Å²) in [6, 6.07) is 17.2. The Hall–Kier alpha value is -3.34. The second-order valence-electron chi connectivity index (χ2n) is 7.65. The largest absolute Gasteiger partial charge is 0.496 e. The first-order valence-electron chi connectivity index (χ1n) is 9.98. The Morgan fingerprint density at radius 2 is 1.70 bits per heavy atom. The van der Waals surface area contributed by atoms with Crippen molar-refractivity contribution in [2.75, 3.05) is 20.8 Å². The van der Waals surface area contributed by atoms with E-state index in [1.807, 2.05) is 42.5 Å². The van der Waals surface area contributed by atoms with E-state index in [-0.39, 0.29) is 5.91 Å². The minimum atomic E-state index is -0.401. The summed E-state index contributed by atoms with van der Waals surface area (Å²) in [6.07, 6.45) is 0.610. The molecule has 0 saturated carbocycles. The minimum absolute atomic E-state index is 0.0691. The summed E-state index contributed by atoms with van der Waals surface area (Å²) in [5.74, 6) is 0.550. The molecule has 5 heteroatoms. The van der Waals surface area contributed by atoms with Gasteiger partial charge in [-0.15, -0.1) is 0 Å². The molecule has 0 aliphatic carbocycles. The molecule has 30 heavy (non-hydrogen) atoms. The molecular weight excluding hydrogens is 378 g/mol. The van der Waals surface area contributed by atoms with E-state index < -0.39 is 5.97 Å².